The molecule has 0 aliphatic rings. The third-order valence-electron chi connectivity index (χ3n) is 2.93. The molecule has 0 spiro atoms. The van der Waals surface area contributed by atoms with Crippen molar-refractivity contribution in [2.75, 3.05) is 0 Å². The average Bonchev–Trinajstić information content (AvgIpc) is 2.59. The van der Waals surface area contributed by atoms with Gasteiger partial charge >= 0.3 is 7.60 Å². The summed E-state index contributed by atoms with van der Waals surface area (Å²) in [5, 5.41) is 0. The third-order valence-corrected chi connectivity index (χ3v) is 4.59. The minimum Gasteiger partial charge on any atom is -0.298 e. The van der Waals surface area contributed by atoms with E-state index in [2.05, 4.69) is 6.58 Å². The van der Waals surface area contributed by atoms with Gasteiger partial charge in [0, 0.05) is 0 Å². The van der Waals surface area contributed by atoms with Crippen LogP contribution in [0.2, 0.25) is 0 Å². The maximum absolute atomic E-state index is 12.6. The normalized spacial score (nSPS) is 11.1. The zero-order valence-electron chi connectivity index (χ0n) is 12.1. The van der Waals surface area contributed by atoms with Crippen molar-refractivity contribution < 1.29 is 18.4 Å². The molecule has 0 N–H and O–H groups in total. The number of benzene rings is 2. The molecule has 0 aliphatic heterocycles. The summed E-state index contributed by atoms with van der Waals surface area (Å²) < 4.78 is 23.2. The van der Waals surface area contributed by atoms with Gasteiger partial charge in [0.15, 0.2) is 0 Å². The Morgan fingerprint density at radius 3 is 1.68 bits per heavy atom. The van der Waals surface area contributed by atoms with Gasteiger partial charge in [0.05, 0.1) is 13.2 Å². The smallest absolute Gasteiger partial charge is 0.298 e. The van der Waals surface area contributed by atoms with Gasteiger partial charge in [-0.1, -0.05) is 67.2 Å². The molecule has 0 unspecified atom stereocenters. The molecule has 0 saturated carbocycles. The molecule has 2 aromatic rings. The fourth-order valence-electron chi connectivity index (χ4n) is 1.74. The Hall–Kier alpha value is -2.00. The van der Waals surface area contributed by atoms with Gasteiger partial charge in [0.1, 0.15) is 0 Å². The number of rotatable bonds is 8. The Balaban J connectivity index is 2.05. The quantitative estimate of drug-likeness (QED) is 0.537. The second-order valence-corrected chi connectivity index (χ2v) is 6.51. The average molecular weight is 316 g/mol. The molecule has 0 amide bonds. The minimum atomic E-state index is -3.90. The fourth-order valence-corrected chi connectivity index (χ4v) is 2.93. The van der Waals surface area contributed by atoms with E-state index in [1.807, 2.05) is 60.7 Å². The van der Waals surface area contributed by atoms with E-state index >= 15 is 0 Å². The van der Waals surface area contributed by atoms with E-state index < -0.39 is 13.1 Å². The van der Waals surface area contributed by atoms with E-state index in [1.54, 1.807) is 0 Å². The van der Waals surface area contributed by atoms with Crippen LogP contribution in [-0.4, -0.2) is 5.52 Å². The van der Waals surface area contributed by atoms with Crippen LogP contribution in [0.15, 0.2) is 73.3 Å². The third kappa shape index (κ3) is 4.50. The molecule has 2 aromatic carbocycles. The highest BCUT2D eigenvalue weighted by Crippen LogP contribution is 2.50. The Bertz CT molecular complexity index is 620. The van der Waals surface area contributed by atoms with Crippen LogP contribution in [0.3, 0.4) is 0 Å². The van der Waals surface area contributed by atoms with E-state index in [0.29, 0.717) is 0 Å². The maximum Gasteiger partial charge on any atom is 0.401 e. The van der Waals surface area contributed by atoms with Crippen LogP contribution in [-0.2, 0) is 31.6 Å². The number of hydrogen-bond acceptors (Lipinski definition) is 4. The predicted octanol–water partition coefficient (Wildman–Crippen LogP) is 4.33. The van der Waals surface area contributed by atoms with Crippen molar-refractivity contribution in [2.24, 2.45) is 0 Å². The molecule has 114 valence electrons. The van der Waals surface area contributed by atoms with Crippen molar-refractivity contribution in [1.29, 1.82) is 0 Å². The summed E-state index contributed by atoms with van der Waals surface area (Å²) in [5.41, 5.74) is 0.880. The highest BCUT2D eigenvalue weighted by atomic mass is 31.2. The SMILES string of the molecule is C=CC(=O)P(=O)(OCc1ccccc1)OCc1ccccc1. The van der Waals surface area contributed by atoms with Gasteiger partial charge in [-0.15, -0.1) is 0 Å². The van der Waals surface area contributed by atoms with Crippen LogP contribution in [0.25, 0.3) is 0 Å². The van der Waals surface area contributed by atoms with Gasteiger partial charge < -0.3 is 0 Å². The summed E-state index contributed by atoms with van der Waals surface area (Å²) in [6.07, 6.45) is 0.969. The lowest BCUT2D eigenvalue weighted by Gasteiger charge is -2.16. The zero-order valence-corrected chi connectivity index (χ0v) is 12.9. The van der Waals surface area contributed by atoms with Crippen LogP contribution < -0.4 is 0 Å². The maximum atomic E-state index is 12.6. The monoisotopic (exact) mass is 316 g/mol. The van der Waals surface area contributed by atoms with E-state index in [9.17, 15) is 9.36 Å². The molecule has 22 heavy (non-hydrogen) atoms. The van der Waals surface area contributed by atoms with Crippen LogP contribution in [0.4, 0.5) is 0 Å². The molecule has 0 atom stereocenters. The topological polar surface area (TPSA) is 52.6 Å². The predicted molar refractivity (Wildman–Crippen MR) is 85.3 cm³/mol. The van der Waals surface area contributed by atoms with Gasteiger partial charge in [0.2, 0.25) is 0 Å². The second kappa shape index (κ2) is 7.85. The summed E-state index contributed by atoms with van der Waals surface area (Å²) >= 11 is 0. The minimum absolute atomic E-state index is 0.0342. The molecule has 0 aliphatic carbocycles. The molecule has 0 radical (unpaired) electrons. The van der Waals surface area contributed by atoms with Gasteiger partial charge in [-0.2, -0.15) is 0 Å². The van der Waals surface area contributed by atoms with Crippen LogP contribution >= 0.6 is 7.60 Å². The summed E-state index contributed by atoms with van der Waals surface area (Å²) in [5.74, 6) is 0. The number of carbonyl (C=O) groups is 1. The van der Waals surface area contributed by atoms with E-state index in [-0.39, 0.29) is 13.2 Å². The molecule has 0 fully saturated rings. The van der Waals surface area contributed by atoms with Gasteiger partial charge in [-0.05, 0) is 17.2 Å². The van der Waals surface area contributed by atoms with E-state index in [4.69, 9.17) is 9.05 Å². The molecule has 4 nitrogen and oxygen atoms in total. The van der Waals surface area contributed by atoms with Crippen molar-refractivity contribution in [3.05, 3.63) is 84.4 Å². The first-order valence-electron chi connectivity index (χ1n) is 6.78. The van der Waals surface area contributed by atoms with Gasteiger partial charge in [0.25, 0.3) is 5.52 Å². The van der Waals surface area contributed by atoms with Crippen molar-refractivity contribution in [1.82, 2.24) is 0 Å². The molecule has 0 bridgehead atoms. The molecule has 0 aromatic heterocycles. The molecule has 0 saturated heterocycles. The largest absolute Gasteiger partial charge is 0.401 e. The molecule has 2 rings (SSSR count). The number of carbonyl (C=O) groups excluding carboxylic acids is 1. The Labute approximate surface area is 129 Å². The fraction of sp³-hybridized carbons (Fsp3) is 0.118. The Kier molecular flexibility index (Phi) is 5.84. The summed E-state index contributed by atoms with van der Waals surface area (Å²) in [6, 6.07) is 18.4. The first kappa shape index (κ1) is 16.4. The van der Waals surface area contributed by atoms with Crippen molar-refractivity contribution in [3.63, 3.8) is 0 Å². The molecule has 0 heterocycles. The lowest BCUT2D eigenvalue weighted by molar-refractivity contribution is -0.110. The van der Waals surface area contributed by atoms with Crippen molar-refractivity contribution in [3.8, 4) is 0 Å². The lowest BCUT2D eigenvalue weighted by atomic mass is 10.2. The molecular weight excluding hydrogens is 299 g/mol. The van der Waals surface area contributed by atoms with Crippen LogP contribution in [0.1, 0.15) is 11.1 Å². The Morgan fingerprint density at radius 2 is 1.32 bits per heavy atom. The van der Waals surface area contributed by atoms with Crippen molar-refractivity contribution in [2.45, 2.75) is 13.2 Å². The summed E-state index contributed by atoms with van der Waals surface area (Å²) in [7, 11) is -3.90. The number of allylic oxidation sites excluding steroid dienone is 1. The van der Waals surface area contributed by atoms with Crippen LogP contribution in [0, 0.1) is 0 Å². The standard InChI is InChI=1S/C17H17O4P/c1-2-17(18)22(19,20-13-15-9-5-3-6-10-15)21-14-16-11-7-4-8-12-16/h2-12H,1,13-14H2. The van der Waals surface area contributed by atoms with Gasteiger partial charge in [-0.25, -0.2) is 0 Å². The van der Waals surface area contributed by atoms with Crippen LogP contribution in [0.5, 0.6) is 0 Å². The summed E-state index contributed by atoms with van der Waals surface area (Å²) in [6.45, 7) is 3.42. The summed E-state index contributed by atoms with van der Waals surface area (Å²) in [4.78, 5) is 11.8. The Morgan fingerprint density at radius 1 is 0.909 bits per heavy atom. The van der Waals surface area contributed by atoms with Gasteiger partial charge in [-0.3, -0.25) is 18.4 Å². The highest BCUT2D eigenvalue weighted by Gasteiger charge is 2.32. The second-order valence-electron chi connectivity index (χ2n) is 4.56. The lowest BCUT2D eigenvalue weighted by Crippen LogP contribution is -2.05. The highest BCUT2D eigenvalue weighted by molar-refractivity contribution is 7.72. The zero-order chi connectivity index (χ0) is 15.8. The first-order valence-corrected chi connectivity index (χ1v) is 8.32. The van der Waals surface area contributed by atoms with E-state index in [0.717, 1.165) is 17.2 Å². The van der Waals surface area contributed by atoms with Crippen molar-refractivity contribution >= 4 is 13.1 Å². The molecular formula is C17H17O4P. The number of hydrogen-bond donors (Lipinski definition) is 0. The first-order chi connectivity index (χ1) is 10.6. The molecule has 5 heteroatoms. The van der Waals surface area contributed by atoms with E-state index in [1.165, 1.54) is 0 Å².